The lowest BCUT2D eigenvalue weighted by molar-refractivity contribution is 0.0734. The molecule has 3 heteroatoms. The van der Waals surface area contributed by atoms with Gasteiger partial charge in [-0.15, -0.1) is 0 Å². The van der Waals surface area contributed by atoms with Gasteiger partial charge in [0, 0.05) is 22.6 Å². The van der Waals surface area contributed by atoms with Crippen molar-refractivity contribution in [3.63, 3.8) is 0 Å². The van der Waals surface area contributed by atoms with Gasteiger partial charge in [-0.2, -0.15) is 0 Å². The number of hydrogen-bond donors (Lipinski definition) is 0. The van der Waals surface area contributed by atoms with Crippen LogP contribution in [0.3, 0.4) is 0 Å². The number of amides is 1. The summed E-state index contributed by atoms with van der Waals surface area (Å²) in [7, 11) is 0. The molecule has 0 aromatic heterocycles. The average Bonchev–Trinajstić information content (AvgIpc) is 3.17. The van der Waals surface area contributed by atoms with Crippen LogP contribution in [0.1, 0.15) is 49.0 Å². The van der Waals surface area contributed by atoms with Gasteiger partial charge in [0.25, 0.3) is 5.91 Å². The molecule has 0 radical (unpaired) electrons. The summed E-state index contributed by atoms with van der Waals surface area (Å²) in [6.45, 7) is 7.30. The Morgan fingerprint density at radius 1 is 1.42 bits per heavy atom. The molecule has 1 saturated carbocycles. The van der Waals surface area contributed by atoms with E-state index < -0.39 is 0 Å². The second-order valence-electron chi connectivity index (χ2n) is 5.82. The van der Waals surface area contributed by atoms with E-state index in [0.29, 0.717) is 12.0 Å². The van der Waals surface area contributed by atoms with Crippen molar-refractivity contribution in [2.45, 2.75) is 46.1 Å². The monoisotopic (exact) mass is 323 g/mol. The number of halogens is 1. The third-order valence-electron chi connectivity index (χ3n) is 3.69. The van der Waals surface area contributed by atoms with E-state index in [2.05, 4.69) is 34.7 Å². The highest BCUT2D eigenvalue weighted by Crippen LogP contribution is 2.30. The zero-order valence-corrected chi connectivity index (χ0v) is 13.5. The molecular formula is C16H22BrNO. The maximum Gasteiger partial charge on any atom is 0.254 e. The van der Waals surface area contributed by atoms with Gasteiger partial charge in [-0.3, -0.25) is 4.79 Å². The molecule has 1 aliphatic rings. The Kier molecular flexibility index (Phi) is 4.67. The molecule has 0 saturated heterocycles. The van der Waals surface area contributed by atoms with Crippen LogP contribution in [0.4, 0.5) is 0 Å². The van der Waals surface area contributed by atoms with Crippen LogP contribution in [-0.4, -0.2) is 23.4 Å². The fraction of sp³-hybridized carbons (Fsp3) is 0.562. The van der Waals surface area contributed by atoms with E-state index in [9.17, 15) is 4.79 Å². The molecule has 0 atom stereocenters. The molecule has 1 amide bonds. The highest BCUT2D eigenvalue weighted by Gasteiger charge is 2.33. The molecule has 19 heavy (non-hydrogen) atoms. The Bertz CT molecular complexity index is 466. The van der Waals surface area contributed by atoms with Crippen molar-refractivity contribution in [3.05, 3.63) is 33.8 Å². The second-order valence-corrected chi connectivity index (χ2v) is 6.68. The molecule has 1 aromatic carbocycles. The fourth-order valence-corrected chi connectivity index (χ4v) is 2.59. The molecule has 2 rings (SSSR count). The highest BCUT2D eigenvalue weighted by molar-refractivity contribution is 9.10. The minimum Gasteiger partial charge on any atom is -0.336 e. The van der Waals surface area contributed by atoms with Crippen molar-refractivity contribution in [1.82, 2.24) is 4.90 Å². The van der Waals surface area contributed by atoms with E-state index >= 15 is 0 Å². The van der Waals surface area contributed by atoms with Gasteiger partial charge < -0.3 is 4.90 Å². The van der Waals surface area contributed by atoms with Crippen LogP contribution in [0.5, 0.6) is 0 Å². The van der Waals surface area contributed by atoms with Crippen LogP contribution in [0.15, 0.2) is 22.7 Å². The molecule has 104 valence electrons. The topological polar surface area (TPSA) is 20.3 Å². The Labute approximate surface area is 124 Å². The van der Waals surface area contributed by atoms with Crippen molar-refractivity contribution in [2.24, 2.45) is 5.92 Å². The summed E-state index contributed by atoms with van der Waals surface area (Å²) in [4.78, 5) is 14.8. The van der Waals surface area contributed by atoms with Crippen molar-refractivity contribution in [1.29, 1.82) is 0 Å². The Hall–Kier alpha value is -0.830. The first-order valence-corrected chi connectivity index (χ1v) is 7.86. The largest absolute Gasteiger partial charge is 0.336 e. The van der Waals surface area contributed by atoms with Crippen LogP contribution in [0.25, 0.3) is 0 Å². The van der Waals surface area contributed by atoms with E-state index in [1.165, 1.54) is 0 Å². The zero-order chi connectivity index (χ0) is 14.0. The first-order valence-electron chi connectivity index (χ1n) is 7.06. The molecule has 0 heterocycles. The van der Waals surface area contributed by atoms with Crippen molar-refractivity contribution in [2.75, 3.05) is 6.54 Å². The van der Waals surface area contributed by atoms with Crippen molar-refractivity contribution in [3.8, 4) is 0 Å². The van der Waals surface area contributed by atoms with E-state index in [-0.39, 0.29) is 5.91 Å². The minimum atomic E-state index is 0.196. The van der Waals surface area contributed by atoms with Crippen LogP contribution in [0, 0.1) is 12.8 Å². The average molecular weight is 324 g/mol. The second kappa shape index (κ2) is 6.08. The van der Waals surface area contributed by atoms with Crippen molar-refractivity contribution >= 4 is 21.8 Å². The third-order valence-corrected chi connectivity index (χ3v) is 4.55. The van der Waals surface area contributed by atoms with Crippen LogP contribution in [-0.2, 0) is 0 Å². The van der Waals surface area contributed by atoms with Gasteiger partial charge in [0.15, 0.2) is 0 Å². The van der Waals surface area contributed by atoms with E-state index in [1.807, 2.05) is 25.1 Å². The normalized spacial score (nSPS) is 14.8. The fourth-order valence-electron chi connectivity index (χ4n) is 2.23. The Balaban J connectivity index is 2.17. The van der Waals surface area contributed by atoms with E-state index in [0.717, 1.165) is 41.4 Å². The quantitative estimate of drug-likeness (QED) is 0.786. The number of benzene rings is 1. The zero-order valence-electron chi connectivity index (χ0n) is 11.9. The highest BCUT2D eigenvalue weighted by atomic mass is 79.9. The van der Waals surface area contributed by atoms with Gasteiger partial charge in [0.05, 0.1) is 0 Å². The van der Waals surface area contributed by atoms with E-state index in [4.69, 9.17) is 0 Å². The van der Waals surface area contributed by atoms with Gasteiger partial charge in [-0.25, -0.2) is 0 Å². The van der Waals surface area contributed by atoms with Gasteiger partial charge >= 0.3 is 0 Å². The van der Waals surface area contributed by atoms with Crippen molar-refractivity contribution < 1.29 is 4.79 Å². The molecular weight excluding hydrogens is 302 g/mol. The molecule has 0 spiro atoms. The standard InChI is InChI=1S/C16H22BrNO/c1-11(2)9-10-18(13-7-8-13)16(19)14-5-4-6-15(17)12(14)3/h4-6,11,13H,7-10H2,1-3H3. The van der Waals surface area contributed by atoms with Gasteiger partial charge in [0.2, 0.25) is 0 Å². The maximum absolute atomic E-state index is 12.7. The first kappa shape index (κ1) is 14.6. The summed E-state index contributed by atoms with van der Waals surface area (Å²) >= 11 is 3.51. The van der Waals surface area contributed by atoms with Crippen LogP contribution in [0.2, 0.25) is 0 Å². The number of nitrogens with zero attached hydrogens (tertiary/aromatic N) is 1. The van der Waals surface area contributed by atoms with Crippen LogP contribution < -0.4 is 0 Å². The molecule has 0 aliphatic heterocycles. The predicted octanol–water partition coefficient (Wildman–Crippen LogP) is 4.41. The summed E-state index contributed by atoms with van der Waals surface area (Å²) < 4.78 is 1.01. The molecule has 1 aliphatic carbocycles. The molecule has 1 fully saturated rings. The number of hydrogen-bond acceptors (Lipinski definition) is 1. The molecule has 0 unspecified atom stereocenters. The van der Waals surface area contributed by atoms with Gasteiger partial charge in [-0.05, 0) is 49.8 Å². The van der Waals surface area contributed by atoms with Gasteiger partial charge in [-0.1, -0.05) is 35.8 Å². The van der Waals surface area contributed by atoms with E-state index in [1.54, 1.807) is 0 Å². The third kappa shape index (κ3) is 3.59. The number of carbonyl (C=O) groups excluding carboxylic acids is 1. The van der Waals surface area contributed by atoms with Gasteiger partial charge in [0.1, 0.15) is 0 Å². The first-order chi connectivity index (χ1) is 9.00. The summed E-state index contributed by atoms with van der Waals surface area (Å²) in [5.74, 6) is 0.833. The maximum atomic E-state index is 12.7. The summed E-state index contributed by atoms with van der Waals surface area (Å²) in [6, 6.07) is 6.34. The molecule has 1 aromatic rings. The lowest BCUT2D eigenvalue weighted by Crippen LogP contribution is -2.35. The predicted molar refractivity (Wildman–Crippen MR) is 82.4 cm³/mol. The summed E-state index contributed by atoms with van der Waals surface area (Å²) in [6.07, 6.45) is 3.41. The lowest BCUT2D eigenvalue weighted by Gasteiger charge is -2.24. The summed E-state index contributed by atoms with van der Waals surface area (Å²) in [5.41, 5.74) is 1.88. The SMILES string of the molecule is Cc1c(Br)cccc1C(=O)N(CCC(C)C)C1CC1. The summed E-state index contributed by atoms with van der Waals surface area (Å²) in [5, 5.41) is 0. The number of rotatable bonds is 5. The Morgan fingerprint density at radius 3 is 2.68 bits per heavy atom. The smallest absolute Gasteiger partial charge is 0.254 e. The lowest BCUT2D eigenvalue weighted by atomic mass is 10.1. The minimum absolute atomic E-state index is 0.196. The van der Waals surface area contributed by atoms with Crippen LogP contribution >= 0.6 is 15.9 Å². The molecule has 0 N–H and O–H groups in total. The number of carbonyl (C=O) groups is 1. The molecule has 0 bridgehead atoms. The Morgan fingerprint density at radius 2 is 2.11 bits per heavy atom. The molecule has 2 nitrogen and oxygen atoms in total.